The first kappa shape index (κ1) is 22.7. The Kier molecular flexibility index (Phi) is 8.84. The van der Waals surface area contributed by atoms with Crippen molar-refractivity contribution in [1.29, 1.82) is 0 Å². The summed E-state index contributed by atoms with van der Waals surface area (Å²) in [5, 5.41) is 3.16. The van der Waals surface area contributed by atoms with E-state index in [2.05, 4.69) is 50.4 Å². The number of para-hydroxylation sites is 1. The van der Waals surface area contributed by atoms with E-state index in [9.17, 15) is 0 Å². The summed E-state index contributed by atoms with van der Waals surface area (Å²) < 4.78 is 11.3. The highest BCUT2D eigenvalue weighted by atomic mass is 16.5. The van der Waals surface area contributed by atoms with Crippen LogP contribution in [0.1, 0.15) is 20.3 Å². The topological polar surface area (TPSA) is 75.3 Å². The molecular formula is C24H35N5O2. The normalized spacial score (nSPS) is 15.0. The van der Waals surface area contributed by atoms with Crippen molar-refractivity contribution >= 4 is 17.3 Å². The maximum atomic E-state index is 6.12. The number of ether oxygens (including phenoxy) is 2. The summed E-state index contributed by atoms with van der Waals surface area (Å²) in [5.41, 5.74) is 8.20. The van der Waals surface area contributed by atoms with Crippen LogP contribution in [0.5, 0.6) is 11.5 Å². The van der Waals surface area contributed by atoms with Gasteiger partial charge in [-0.1, -0.05) is 18.2 Å². The van der Waals surface area contributed by atoms with Crippen LogP contribution in [0.4, 0.5) is 11.4 Å². The maximum Gasteiger partial charge on any atom is 0.193 e. The van der Waals surface area contributed by atoms with E-state index < -0.39 is 0 Å². The van der Waals surface area contributed by atoms with Gasteiger partial charge in [-0.15, -0.1) is 0 Å². The van der Waals surface area contributed by atoms with Gasteiger partial charge in [-0.2, -0.15) is 0 Å². The number of rotatable bonds is 10. The number of hydrogen-bond donors (Lipinski definition) is 2. The average molecular weight is 426 g/mol. The van der Waals surface area contributed by atoms with Gasteiger partial charge in [0.25, 0.3) is 0 Å². The van der Waals surface area contributed by atoms with Crippen molar-refractivity contribution in [1.82, 2.24) is 4.90 Å². The van der Waals surface area contributed by atoms with E-state index in [1.54, 1.807) is 0 Å². The molecule has 2 aromatic rings. The first-order valence-corrected chi connectivity index (χ1v) is 11.2. The zero-order valence-electron chi connectivity index (χ0n) is 18.7. The lowest BCUT2D eigenvalue weighted by atomic mass is 10.2. The van der Waals surface area contributed by atoms with Crippen molar-refractivity contribution < 1.29 is 9.47 Å². The molecule has 0 unspecified atom stereocenters. The van der Waals surface area contributed by atoms with Crippen molar-refractivity contribution in [3.63, 3.8) is 0 Å². The van der Waals surface area contributed by atoms with Crippen molar-refractivity contribution in [3.05, 3.63) is 48.5 Å². The first-order chi connectivity index (χ1) is 15.2. The molecule has 3 rings (SSSR count). The second kappa shape index (κ2) is 12.1. The number of benzene rings is 2. The minimum atomic E-state index is 0.392. The quantitative estimate of drug-likeness (QED) is 0.345. The van der Waals surface area contributed by atoms with Crippen molar-refractivity contribution in [2.24, 2.45) is 10.7 Å². The van der Waals surface area contributed by atoms with E-state index in [0.29, 0.717) is 25.7 Å². The molecule has 0 radical (unpaired) electrons. The Bertz CT molecular complexity index is 820. The molecule has 1 aliphatic rings. The molecule has 0 aromatic heterocycles. The summed E-state index contributed by atoms with van der Waals surface area (Å²) >= 11 is 0. The Hall–Kier alpha value is -2.93. The van der Waals surface area contributed by atoms with Crippen LogP contribution in [0.25, 0.3) is 0 Å². The number of nitrogens with one attached hydrogen (secondary N) is 1. The molecule has 168 valence electrons. The van der Waals surface area contributed by atoms with Gasteiger partial charge in [0.1, 0.15) is 11.5 Å². The summed E-state index contributed by atoms with van der Waals surface area (Å²) in [5.74, 6) is 1.90. The van der Waals surface area contributed by atoms with Gasteiger partial charge in [-0.05, 0) is 44.5 Å². The number of nitrogens with two attached hydrogens (primary N) is 1. The molecule has 0 aliphatic carbocycles. The van der Waals surface area contributed by atoms with Gasteiger partial charge in [-0.3, -0.25) is 9.89 Å². The Labute approximate surface area is 185 Å². The van der Waals surface area contributed by atoms with Gasteiger partial charge in [-0.25, -0.2) is 0 Å². The van der Waals surface area contributed by atoms with E-state index in [0.717, 1.165) is 56.3 Å². The zero-order chi connectivity index (χ0) is 21.9. The number of guanidine groups is 1. The summed E-state index contributed by atoms with van der Waals surface area (Å²) in [6, 6.07) is 16.3. The fourth-order valence-corrected chi connectivity index (χ4v) is 3.68. The minimum absolute atomic E-state index is 0.392. The van der Waals surface area contributed by atoms with E-state index in [-0.39, 0.29) is 0 Å². The smallest absolute Gasteiger partial charge is 0.193 e. The monoisotopic (exact) mass is 425 g/mol. The summed E-state index contributed by atoms with van der Waals surface area (Å²) in [4.78, 5) is 9.44. The van der Waals surface area contributed by atoms with Crippen LogP contribution in [0, 0.1) is 0 Å². The highest BCUT2D eigenvalue weighted by molar-refractivity contribution is 5.94. The van der Waals surface area contributed by atoms with Crippen LogP contribution < -0.4 is 25.4 Å². The molecule has 1 saturated heterocycles. The van der Waals surface area contributed by atoms with Crippen LogP contribution in [0.3, 0.4) is 0 Å². The number of anilines is 2. The van der Waals surface area contributed by atoms with E-state index in [1.807, 2.05) is 32.0 Å². The van der Waals surface area contributed by atoms with Crippen molar-refractivity contribution in [2.75, 3.05) is 62.7 Å². The van der Waals surface area contributed by atoms with Crippen LogP contribution >= 0.6 is 0 Å². The van der Waals surface area contributed by atoms with Crippen LogP contribution in [-0.2, 0) is 0 Å². The average Bonchev–Trinajstić information content (AvgIpc) is 2.80. The van der Waals surface area contributed by atoms with Gasteiger partial charge in [0.05, 0.1) is 18.9 Å². The second-order valence-electron chi connectivity index (χ2n) is 7.43. The Morgan fingerprint density at radius 1 is 1.00 bits per heavy atom. The molecule has 31 heavy (non-hydrogen) atoms. The molecule has 0 saturated carbocycles. The summed E-state index contributed by atoms with van der Waals surface area (Å²) in [6.45, 7) is 11.1. The Morgan fingerprint density at radius 3 is 2.45 bits per heavy atom. The number of nitrogens with zero attached hydrogens (tertiary/aromatic N) is 3. The Morgan fingerprint density at radius 2 is 1.74 bits per heavy atom. The number of piperazine rings is 1. The third-order valence-corrected chi connectivity index (χ3v) is 5.23. The third kappa shape index (κ3) is 7.07. The molecule has 3 N–H and O–H groups in total. The van der Waals surface area contributed by atoms with E-state index in [4.69, 9.17) is 15.2 Å². The van der Waals surface area contributed by atoms with Gasteiger partial charge in [0, 0.05) is 51.0 Å². The first-order valence-electron chi connectivity index (χ1n) is 11.2. The predicted octanol–water partition coefficient (Wildman–Crippen LogP) is 3.42. The molecule has 1 aliphatic heterocycles. The highest BCUT2D eigenvalue weighted by Crippen LogP contribution is 2.29. The molecule has 7 heteroatoms. The van der Waals surface area contributed by atoms with Crippen LogP contribution in [0.15, 0.2) is 53.5 Å². The largest absolute Gasteiger partial charge is 0.494 e. The van der Waals surface area contributed by atoms with Crippen molar-refractivity contribution in [2.45, 2.75) is 20.3 Å². The second-order valence-corrected chi connectivity index (χ2v) is 7.43. The predicted molar refractivity (Wildman–Crippen MR) is 129 cm³/mol. The van der Waals surface area contributed by atoms with E-state index >= 15 is 0 Å². The van der Waals surface area contributed by atoms with Gasteiger partial charge < -0.3 is 25.4 Å². The van der Waals surface area contributed by atoms with Crippen LogP contribution in [-0.4, -0.2) is 63.3 Å². The summed E-state index contributed by atoms with van der Waals surface area (Å²) in [7, 11) is 0. The van der Waals surface area contributed by atoms with E-state index in [1.165, 1.54) is 5.69 Å². The molecule has 2 aromatic carbocycles. The molecule has 0 amide bonds. The molecule has 1 fully saturated rings. The zero-order valence-corrected chi connectivity index (χ0v) is 18.7. The fraction of sp³-hybridized carbons (Fsp3) is 0.458. The molecule has 0 spiro atoms. The molecular weight excluding hydrogens is 390 g/mol. The molecule has 0 bridgehead atoms. The fourth-order valence-electron chi connectivity index (χ4n) is 3.68. The SMILES string of the molecule is CCOc1ccc(OCC)c(NC(N)=NCCCN2CCN(c3ccccc3)CC2)c1. The van der Waals surface area contributed by atoms with Gasteiger partial charge in [0.2, 0.25) is 0 Å². The van der Waals surface area contributed by atoms with Gasteiger partial charge >= 0.3 is 0 Å². The minimum Gasteiger partial charge on any atom is -0.494 e. The number of hydrogen-bond acceptors (Lipinski definition) is 5. The number of aliphatic imine (C=N–C) groups is 1. The lowest BCUT2D eigenvalue weighted by molar-refractivity contribution is 0.256. The Balaban J connectivity index is 1.43. The lowest BCUT2D eigenvalue weighted by Gasteiger charge is -2.36. The molecule has 7 nitrogen and oxygen atoms in total. The third-order valence-electron chi connectivity index (χ3n) is 5.23. The van der Waals surface area contributed by atoms with Gasteiger partial charge in [0.15, 0.2) is 5.96 Å². The van der Waals surface area contributed by atoms with Crippen LogP contribution in [0.2, 0.25) is 0 Å². The van der Waals surface area contributed by atoms with Crippen molar-refractivity contribution in [3.8, 4) is 11.5 Å². The summed E-state index contributed by atoms with van der Waals surface area (Å²) in [6.07, 6.45) is 0.977. The molecule has 0 atom stereocenters. The standard InChI is InChI=1S/C24H35N5O2/c1-3-30-21-11-12-23(31-4-2)22(19-21)27-24(25)26-13-8-14-28-15-17-29(18-16-28)20-9-6-5-7-10-20/h5-7,9-12,19H,3-4,8,13-18H2,1-2H3,(H3,25,26,27). The highest BCUT2D eigenvalue weighted by Gasteiger charge is 2.16. The maximum absolute atomic E-state index is 6.12. The lowest BCUT2D eigenvalue weighted by Crippen LogP contribution is -2.46. The molecule has 1 heterocycles.